The summed E-state index contributed by atoms with van der Waals surface area (Å²) in [6, 6.07) is 0. The third kappa shape index (κ3) is 3.39. The van der Waals surface area contributed by atoms with E-state index in [-0.39, 0.29) is 11.3 Å². The molecule has 0 heterocycles. The molecule has 2 saturated carbocycles. The predicted molar refractivity (Wildman–Crippen MR) is 123 cm³/mol. The molecule has 0 amide bonds. The van der Waals surface area contributed by atoms with Crippen molar-refractivity contribution >= 4 is 5.78 Å². The van der Waals surface area contributed by atoms with E-state index in [2.05, 4.69) is 53.7 Å². The molecule has 0 bridgehead atoms. The highest BCUT2D eigenvalue weighted by atomic mass is 16.1. The highest BCUT2D eigenvalue weighted by Gasteiger charge is 2.58. The lowest BCUT2D eigenvalue weighted by molar-refractivity contribution is -0.121. The molecule has 0 aromatic carbocycles. The van der Waals surface area contributed by atoms with E-state index in [1.807, 2.05) is 0 Å². The molecule has 0 spiro atoms. The molecular formula is C28H44O. The van der Waals surface area contributed by atoms with Crippen LogP contribution in [-0.2, 0) is 4.79 Å². The molecule has 1 heteroatoms. The quantitative estimate of drug-likeness (QED) is 0.444. The van der Waals surface area contributed by atoms with E-state index in [9.17, 15) is 4.79 Å². The summed E-state index contributed by atoms with van der Waals surface area (Å²) in [7, 11) is 0. The second kappa shape index (κ2) is 7.69. The Balaban J connectivity index is 1.63. The van der Waals surface area contributed by atoms with Crippen LogP contribution in [0.2, 0.25) is 0 Å². The van der Waals surface area contributed by atoms with Gasteiger partial charge in [0.15, 0.2) is 0 Å². The highest BCUT2D eigenvalue weighted by Crippen LogP contribution is 2.64. The first-order chi connectivity index (χ1) is 13.7. The first-order valence-electron chi connectivity index (χ1n) is 12.6. The van der Waals surface area contributed by atoms with E-state index in [4.69, 9.17) is 0 Å². The van der Waals surface area contributed by atoms with Crippen LogP contribution < -0.4 is 0 Å². The van der Waals surface area contributed by atoms with Crippen LogP contribution in [0.25, 0.3) is 0 Å². The largest absolute Gasteiger partial charge is 0.299 e. The molecule has 4 aliphatic rings. The number of hydrogen-bond acceptors (Lipinski definition) is 1. The van der Waals surface area contributed by atoms with Crippen LogP contribution in [-0.4, -0.2) is 5.78 Å². The summed E-state index contributed by atoms with van der Waals surface area (Å²) in [5.74, 6) is 3.99. The molecule has 162 valence electrons. The molecule has 7 atom stereocenters. The fourth-order valence-electron chi connectivity index (χ4n) is 7.84. The van der Waals surface area contributed by atoms with E-state index < -0.39 is 0 Å². The van der Waals surface area contributed by atoms with Gasteiger partial charge in [-0.3, -0.25) is 4.79 Å². The van der Waals surface area contributed by atoms with Crippen LogP contribution in [0.4, 0.5) is 0 Å². The van der Waals surface area contributed by atoms with Gasteiger partial charge in [0.25, 0.3) is 0 Å². The van der Waals surface area contributed by atoms with Crippen molar-refractivity contribution in [1.29, 1.82) is 0 Å². The number of fused-ring (bicyclic) bond motifs is 4. The minimum absolute atomic E-state index is 0.179. The van der Waals surface area contributed by atoms with Gasteiger partial charge in [0.05, 0.1) is 0 Å². The second-order valence-electron chi connectivity index (χ2n) is 12.0. The Kier molecular flexibility index (Phi) is 5.67. The van der Waals surface area contributed by atoms with Crippen molar-refractivity contribution in [2.75, 3.05) is 0 Å². The number of rotatable bonds is 4. The molecule has 0 aliphatic heterocycles. The van der Waals surface area contributed by atoms with E-state index in [1.54, 1.807) is 11.1 Å². The highest BCUT2D eigenvalue weighted by molar-refractivity contribution is 5.88. The molecule has 4 rings (SSSR count). The normalized spacial score (nSPS) is 42.0. The Labute approximate surface area is 179 Å². The first-order valence-corrected chi connectivity index (χ1v) is 12.6. The van der Waals surface area contributed by atoms with Gasteiger partial charge >= 0.3 is 0 Å². The third-order valence-corrected chi connectivity index (χ3v) is 10.2. The van der Waals surface area contributed by atoms with Crippen LogP contribution in [0.1, 0.15) is 99.3 Å². The molecule has 0 aromatic heterocycles. The predicted octanol–water partition coefficient (Wildman–Crippen LogP) is 7.76. The molecule has 2 fully saturated rings. The lowest BCUT2D eigenvalue weighted by Gasteiger charge is -2.54. The summed E-state index contributed by atoms with van der Waals surface area (Å²) in [5, 5.41) is 0. The molecule has 0 N–H and O–H groups in total. The lowest BCUT2D eigenvalue weighted by atomic mass is 9.50. The maximum Gasteiger partial charge on any atom is 0.140 e. The average Bonchev–Trinajstić information content (AvgIpc) is 2.96. The topological polar surface area (TPSA) is 17.1 Å². The Hall–Kier alpha value is -0.850. The summed E-state index contributed by atoms with van der Waals surface area (Å²) in [5.41, 5.74) is 3.96. The molecule has 1 nitrogen and oxygen atoms in total. The van der Waals surface area contributed by atoms with Crippen molar-refractivity contribution in [2.45, 2.75) is 99.3 Å². The Morgan fingerprint density at radius 1 is 0.966 bits per heavy atom. The van der Waals surface area contributed by atoms with E-state index >= 15 is 0 Å². The van der Waals surface area contributed by atoms with Crippen molar-refractivity contribution in [2.24, 2.45) is 46.3 Å². The fraction of sp³-hybridized carbons (Fsp3) is 0.821. The van der Waals surface area contributed by atoms with Crippen LogP contribution in [0.3, 0.4) is 0 Å². The summed E-state index contributed by atoms with van der Waals surface area (Å²) in [6.07, 6.45) is 16.3. The molecule has 0 aromatic rings. The molecule has 0 saturated heterocycles. The van der Waals surface area contributed by atoms with Gasteiger partial charge in [-0.25, -0.2) is 0 Å². The van der Waals surface area contributed by atoms with E-state index in [0.29, 0.717) is 34.9 Å². The number of allylic oxidation sites excluding steroid dienone is 4. The van der Waals surface area contributed by atoms with Gasteiger partial charge in [0.1, 0.15) is 5.78 Å². The van der Waals surface area contributed by atoms with Crippen molar-refractivity contribution in [3.05, 3.63) is 23.3 Å². The van der Waals surface area contributed by atoms with Gasteiger partial charge in [0, 0.05) is 12.3 Å². The number of ketones is 1. The minimum Gasteiger partial charge on any atom is -0.299 e. The Morgan fingerprint density at radius 3 is 2.45 bits per heavy atom. The van der Waals surface area contributed by atoms with Crippen LogP contribution >= 0.6 is 0 Å². The van der Waals surface area contributed by atoms with Gasteiger partial charge in [-0.15, -0.1) is 0 Å². The monoisotopic (exact) mass is 396 g/mol. The molecule has 0 radical (unpaired) electrons. The van der Waals surface area contributed by atoms with E-state index in [1.165, 1.54) is 51.4 Å². The number of carbonyl (C=O) groups excluding carboxylic acids is 1. The Bertz CT molecular complexity index is 712. The molecular weight excluding hydrogens is 352 g/mol. The van der Waals surface area contributed by atoms with Gasteiger partial charge in [0.2, 0.25) is 0 Å². The van der Waals surface area contributed by atoms with Crippen molar-refractivity contribution in [1.82, 2.24) is 0 Å². The van der Waals surface area contributed by atoms with Gasteiger partial charge < -0.3 is 0 Å². The minimum atomic E-state index is 0.179. The lowest BCUT2D eigenvalue weighted by Crippen LogP contribution is -2.44. The smallest absolute Gasteiger partial charge is 0.140 e. The molecule has 29 heavy (non-hydrogen) atoms. The zero-order chi connectivity index (χ0) is 21.0. The van der Waals surface area contributed by atoms with Gasteiger partial charge in [-0.05, 0) is 78.9 Å². The fourth-order valence-corrected chi connectivity index (χ4v) is 7.84. The van der Waals surface area contributed by atoms with Crippen molar-refractivity contribution < 1.29 is 4.79 Å². The number of hydrogen-bond donors (Lipinski definition) is 0. The SMILES string of the molecule is CC(C)[C@@H](C)C=C[C@@H](C)[C@H]1CC(=O)[C@@H]2C3=C(CC[C@@]21C)[C@@]1(C)CCCCC1CC3. The van der Waals surface area contributed by atoms with Gasteiger partial charge in [-0.2, -0.15) is 0 Å². The Morgan fingerprint density at radius 2 is 1.72 bits per heavy atom. The maximum absolute atomic E-state index is 13.4. The number of carbonyl (C=O) groups is 1. The third-order valence-electron chi connectivity index (χ3n) is 10.2. The second-order valence-corrected chi connectivity index (χ2v) is 12.0. The zero-order valence-electron chi connectivity index (χ0n) is 19.9. The average molecular weight is 397 g/mol. The molecule has 1 unspecified atom stereocenters. The summed E-state index contributed by atoms with van der Waals surface area (Å²) in [6.45, 7) is 14.3. The first kappa shape index (κ1) is 21.4. The van der Waals surface area contributed by atoms with Crippen LogP contribution in [0.15, 0.2) is 23.3 Å². The van der Waals surface area contributed by atoms with Crippen LogP contribution in [0.5, 0.6) is 0 Å². The summed E-state index contributed by atoms with van der Waals surface area (Å²) in [4.78, 5) is 13.4. The molecule has 4 aliphatic carbocycles. The summed E-state index contributed by atoms with van der Waals surface area (Å²) < 4.78 is 0. The van der Waals surface area contributed by atoms with Crippen LogP contribution in [0, 0.1) is 46.3 Å². The summed E-state index contributed by atoms with van der Waals surface area (Å²) >= 11 is 0. The maximum atomic E-state index is 13.4. The van der Waals surface area contributed by atoms with E-state index in [0.717, 1.165) is 12.3 Å². The zero-order valence-corrected chi connectivity index (χ0v) is 19.9. The van der Waals surface area contributed by atoms with Gasteiger partial charge in [-0.1, -0.05) is 77.7 Å². The standard InChI is InChI=1S/C28H44O/c1-18(2)19(3)10-11-20(4)24-17-25(29)26-22-13-12-21-9-7-8-15-27(21,5)23(22)14-16-28(24,26)6/h10-11,18-21,24,26H,7-9,12-17H2,1-6H3/t19-,20+,21?,24+,26-,27-,28+/m0/s1. The number of Topliss-reactive ketones (excluding diaryl/α,β-unsaturated/α-hetero) is 1. The van der Waals surface area contributed by atoms with Crippen molar-refractivity contribution in [3.8, 4) is 0 Å². The van der Waals surface area contributed by atoms with Crippen molar-refractivity contribution in [3.63, 3.8) is 0 Å².